The van der Waals surface area contributed by atoms with Crippen LogP contribution >= 0.6 is 0 Å². The average Bonchev–Trinajstić information content (AvgIpc) is 3.56. The van der Waals surface area contributed by atoms with Crippen molar-refractivity contribution in [2.75, 3.05) is 28.4 Å². The zero-order valence-electron chi connectivity index (χ0n) is 19.4. The molecule has 0 aliphatic carbocycles. The Bertz CT molecular complexity index is 1540. The Hall–Kier alpha value is -4.64. The molecule has 0 saturated carbocycles. The van der Waals surface area contributed by atoms with Gasteiger partial charge in [-0.25, -0.2) is 0 Å². The van der Waals surface area contributed by atoms with E-state index < -0.39 is 0 Å². The van der Waals surface area contributed by atoms with Gasteiger partial charge in [0, 0.05) is 36.5 Å². The van der Waals surface area contributed by atoms with Crippen molar-refractivity contribution in [1.29, 1.82) is 0 Å². The number of benzene rings is 4. The summed E-state index contributed by atoms with van der Waals surface area (Å²) in [5, 5.41) is 0. The van der Waals surface area contributed by atoms with Crippen LogP contribution in [0.2, 0.25) is 0 Å². The fourth-order valence-corrected chi connectivity index (χ4v) is 5.09. The van der Waals surface area contributed by atoms with E-state index in [4.69, 9.17) is 4.74 Å². The molecule has 0 atom stereocenters. The number of nitrogens with zero attached hydrogens (tertiary/aromatic N) is 4. The maximum Gasteiger partial charge on any atom is 0.151 e. The van der Waals surface area contributed by atoms with Gasteiger partial charge in [-0.1, -0.05) is 30.3 Å². The zero-order valence-corrected chi connectivity index (χ0v) is 19.4. The van der Waals surface area contributed by atoms with Crippen LogP contribution in [0.5, 0.6) is 11.5 Å². The Balaban J connectivity index is 1.38. The molecule has 2 aliphatic rings. The molecule has 0 unspecified atom stereocenters. The molecule has 2 aliphatic heterocycles. The van der Waals surface area contributed by atoms with E-state index in [0.717, 1.165) is 46.6 Å². The molecule has 5 heteroatoms. The molecular weight excluding hydrogens is 432 g/mol. The lowest BCUT2D eigenvalue weighted by atomic mass is 10.1. The van der Waals surface area contributed by atoms with Crippen molar-refractivity contribution in [3.8, 4) is 17.2 Å². The van der Waals surface area contributed by atoms with Crippen LogP contribution in [0.1, 0.15) is 0 Å². The van der Waals surface area contributed by atoms with Crippen LogP contribution < -0.4 is 19.4 Å². The summed E-state index contributed by atoms with van der Waals surface area (Å²) in [5.41, 5.74) is 7.85. The van der Waals surface area contributed by atoms with Gasteiger partial charge in [-0.15, -0.1) is 0 Å². The van der Waals surface area contributed by atoms with Crippen LogP contribution in [-0.2, 0) is 0 Å². The lowest BCUT2D eigenvalue weighted by Crippen LogP contribution is -2.24. The number of anilines is 6. The number of hydrogen-bond donors (Lipinski definition) is 0. The highest BCUT2D eigenvalue weighted by molar-refractivity contribution is 5.90. The molecule has 0 bridgehead atoms. The van der Waals surface area contributed by atoms with Gasteiger partial charge in [-0.2, -0.15) is 0 Å². The number of aromatic nitrogens is 1. The Kier molecular flexibility index (Phi) is 4.36. The molecule has 4 aromatic carbocycles. The number of hydrogen-bond acceptors (Lipinski definition) is 4. The van der Waals surface area contributed by atoms with Gasteiger partial charge in [-0.05, 0) is 72.8 Å². The van der Waals surface area contributed by atoms with Crippen LogP contribution in [-0.4, -0.2) is 18.3 Å². The minimum atomic E-state index is 0.804. The second-order valence-corrected chi connectivity index (χ2v) is 8.92. The topological polar surface area (TPSA) is 23.9 Å². The molecule has 1 aromatic heterocycles. The Morgan fingerprint density at radius 1 is 0.571 bits per heavy atom. The van der Waals surface area contributed by atoms with Crippen molar-refractivity contribution in [2.24, 2.45) is 0 Å². The van der Waals surface area contributed by atoms with Gasteiger partial charge in [0.05, 0.1) is 29.4 Å². The lowest BCUT2D eigenvalue weighted by molar-refractivity contribution is 0.477. The fraction of sp³-hybridized carbons (Fsp3) is 0.0667. The average molecular weight is 457 g/mol. The smallest absolute Gasteiger partial charge is 0.151 e. The number of para-hydroxylation sites is 4. The molecule has 0 fully saturated rings. The largest absolute Gasteiger partial charge is 0.453 e. The predicted octanol–water partition coefficient (Wildman–Crippen LogP) is 7.60. The highest BCUT2D eigenvalue weighted by Crippen LogP contribution is 2.52. The molecule has 7 rings (SSSR count). The monoisotopic (exact) mass is 456 g/mol. The van der Waals surface area contributed by atoms with Crippen molar-refractivity contribution < 1.29 is 4.74 Å². The van der Waals surface area contributed by atoms with Gasteiger partial charge in [0.15, 0.2) is 11.5 Å². The standard InChI is InChI=1S/C30H24N4O/c1-31-21-33(26-12-3-2-11-25(26)31)23-15-16-30-28(20-23)34(27-13-4-5-14-29(27)35-30)24-10-8-9-22(19-24)32-17-6-7-18-32/h2-20H,21H2,1H3. The Morgan fingerprint density at radius 3 is 2.14 bits per heavy atom. The van der Waals surface area contributed by atoms with Crippen molar-refractivity contribution in [2.45, 2.75) is 0 Å². The summed E-state index contributed by atoms with van der Waals surface area (Å²) in [7, 11) is 2.13. The summed E-state index contributed by atoms with van der Waals surface area (Å²) in [6, 6.07) is 36.0. The van der Waals surface area contributed by atoms with Crippen LogP contribution in [0.15, 0.2) is 116 Å². The molecule has 0 amide bonds. The third-order valence-corrected chi connectivity index (χ3v) is 6.75. The van der Waals surface area contributed by atoms with Gasteiger partial charge in [0.25, 0.3) is 0 Å². The summed E-state index contributed by atoms with van der Waals surface area (Å²) in [4.78, 5) is 6.93. The predicted molar refractivity (Wildman–Crippen MR) is 142 cm³/mol. The maximum atomic E-state index is 6.36. The van der Waals surface area contributed by atoms with E-state index in [2.05, 4.69) is 118 Å². The van der Waals surface area contributed by atoms with E-state index in [9.17, 15) is 0 Å². The van der Waals surface area contributed by atoms with Gasteiger partial charge in [-0.3, -0.25) is 0 Å². The SMILES string of the molecule is CN1CN(c2ccc3c(c2)N(c2cccc(-n4cccc4)c2)c2ccccc2O3)c2ccccc21. The van der Waals surface area contributed by atoms with Gasteiger partial charge in [0.2, 0.25) is 0 Å². The second kappa shape index (κ2) is 7.71. The Labute approximate surface area is 204 Å². The molecule has 35 heavy (non-hydrogen) atoms. The van der Waals surface area contributed by atoms with Gasteiger partial charge < -0.3 is 24.0 Å². The third kappa shape index (κ3) is 3.16. The van der Waals surface area contributed by atoms with E-state index in [0.29, 0.717) is 0 Å². The minimum absolute atomic E-state index is 0.804. The number of rotatable bonds is 3. The zero-order chi connectivity index (χ0) is 23.4. The number of fused-ring (bicyclic) bond motifs is 3. The van der Waals surface area contributed by atoms with Crippen LogP contribution in [0.25, 0.3) is 5.69 Å². The van der Waals surface area contributed by atoms with Crippen LogP contribution in [0.3, 0.4) is 0 Å². The first-order valence-corrected chi connectivity index (χ1v) is 11.8. The van der Waals surface area contributed by atoms with Crippen molar-refractivity contribution >= 4 is 34.1 Å². The minimum Gasteiger partial charge on any atom is -0.453 e. The number of ether oxygens (including phenoxy) is 1. The molecule has 0 spiro atoms. The molecule has 3 heterocycles. The molecule has 0 radical (unpaired) electrons. The molecule has 170 valence electrons. The molecule has 0 saturated heterocycles. The van der Waals surface area contributed by atoms with E-state index in [1.54, 1.807) is 0 Å². The maximum absolute atomic E-state index is 6.36. The van der Waals surface area contributed by atoms with E-state index in [-0.39, 0.29) is 0 Å². The summed E-state index contributed by atoms with van der Waals surface area (Å²) in [6.45, 7) is 0.804. The molecule has 5 nitrogen and oxygen atoms in total. The van der Waals surface area contributed by atoms with Crippen molar-refractivity contribution in [3.05, 3.63) is 116 Å². The summed E-state index contributed by atoms with van der Waals surface area (Å²) in [6.07, 6.45) is 4.14. The van der Waals surface area contributed by atoms with Gasteiger partial charge in [0.1, 0.15) is 0 Å². The van der Waals surface area contributed by atoms with Crippen LogP contribution in [0.4, 0.5) is 34.1 Å². The first kappa shape index (κ1) is 19.8. The third-order valence-electron chi connectivity index (χ3n) is 6.75. The summed E-state index contributed by atoms with van der Waals surface area (Å²) < 4.78 is 8.49. The van der Waals surface area contributed by atoms with E-state index in [1.165, 1.54) is 11.4 Å². The normalized spacial score (nSPS) is 13.8. The van der Waals surface area contributed by atoms with Crippen LogP contribution in [0, 0.1) is 0 Å². The highest BCUT2D eigenvalue weighted by atomic mass is 16.5. The molecule has 0 N–H and O–H groups in total. The van der Waals surface area contributed by atoms with Crippen molar-refractivity contribution in [3.63, 3.8) is 0 Å². The van der Waals surface area contributed by atoms with Gasteiger partial charge >= 0.3 is 0 Å². The van der Waals surface area contributed by atoms with Crippen molar-refractivity contribution in [1.82, 2.24) is 4.57 Å². The highest BCUT2D eigenvalue weighted by Gasteiger charge is 2.29. The molecule has 5 aromatic rings. The quantitative estimate of drug-likeness (QED) is 0.274. The summed E-state index contributed by atoms with van der Waals surface area (Å²) >= 11 is 0. The Morgan fingerprint density at radius 2 is 1.29 bits per heavy atom. The first-order chi connectivity index (χ1) is 17.3. The molecular formula is C30H24N4O. The first-order valence-electron chi connectivity index (χ1n) is 11.8. The summed E-state index contributed by atoms with van der Waals surface area (Å²) in [5.74, 6) is 1.70. The fourth-order valence-electron chi connectivity index (χ4n) is 5.09. The lowest BCUT2D eigenvalue weighted by Gasteiger charge is -2.34. The van der Waals surface area contributed by atoms with E-state index in [1.807, 2.05) is 24.3 Å². The second-order valence-electron chi connectivity index (χ2n) is 8.92. The van der Waals surface area contributed by atoms with E-state index >= 15 is 0 Å².